The van der Waals surface area contributed by atoms with E-state index < -0.39 is 0 Å². The second-order valence-electron chi connectivity index (χ2n) is 2.90. The van der Waals surface area contributed by atoms with Crippen LogP contribution < -0.4 is 4.90 Å². The van der Waals surface area contributed by atoms with Gasteiger partial charge in [0.25, 0.3) is 0 Å². The molecule has 15 heavy (non-hydrogen) atoms. The quantitative estimate of drug-likeness (QED) is 0.635. The molecule has 0 fully saturated rings. The molecule has 0 N–H and O–H groups in total. The van der Waals surface area contributed by atoms with Gasteiger partial charge in [0.05, 0.1) is 0 Å². The first-order valence-electron chi connectivity index (χ1n) is 4.56. The van der Waals surface area contributed by atoms with E-state index >= 15 is 0 Å². The summed E-state index contributed by atoms with van der Waals surface area (Å²) >= 11 is 6.03. The van der Waals surface area contributed by atoms with Crippen molar-refractivity contribution in [1.29, 1.82) is 0 Å². The SMILES string of the molecule is ClCCN(c1ccccc1)c1nnc[se]1. The Balaban J connectivity index is 2.28. The van der Waals surface area contributed by atoms with E-state index in [0.717, 1.165) is 16.9 Å². The molecule has 0 amide bonds. The van der Waals surface area contributed by atoms with Gasteiger partial charge in [-0.15, -0.1) is 0 Å². The summed E-state index contributed by atoms with van der Waals surface area (Å²) in [5, 5.41) is 9.88. The molecule has 0 bridgehead atoms. The normalized spacial score (nSPS) is 10.2. The third kappa shape index (κ3) is 2.59. The van der Waals surface area contributed by atoms with E-state index in [4.69, 9.17) is 11.6 Å². The molecule has 0 radical (unpaired) electrons. The minimum atomic E-state index is 0.238. The number of halogens is 1. The predicted molar refractivity (Wildman–Crippen MR) is 63.1 cm³/mol. The molecule has 5 heteroatoms. The number of nitrogens with zero attached hydrogens (tertiary/aromatic N) is 3. The summed E-state index contributed by atoms with van der Waals surface area (Å²) in [4.78, 5) is 2.12. The van der Waals surface area contributed by atoms with Gasteiger partial charge in [-0.3, -0.25) is 0 Å². The Morgan fingerprint density at radius 3 is 2.67 bits per heavy atom. The van der Waals surface area contributed by atoms with Crippen LogP contribution in [0.5, 0.6) is 0 Å². The number of rotatable bonds is 4. The van der Waals surface area contributed by atoms with Crippen LogP contribution in [0.25, 0.3) is 0 Å². The average Bonchev–Trinajstić information content (AvgIpc) is 2.80. The van der Waals surface area contributed by atoms with E-state index in [1.54, 1.807) is 0 Å². The van der Waals surface area contributed by atoms with E-state index in [-0.39, 0.29) is 14.5 Å². The van der Waals surface area contributed by atoms with Gasteiger partial charge in [0.2, 0.25) is 0 Å². The van der Waals surface area contributed by atoms with Crippen molar-refractivity contribution in [2.45, 2.75) is 0 Å². The van der Waals surface area contributed by atoms with Gasteiger partial charge in [0.15, 0.2) is 0 Å². The molecule has 0 unspecified atom stereocenters. The zero-order chi connectivity index (χ0) is 10.5. The monoisotopic (exact) mass is 287 g/mol. The molecule has 0 aliphatic rings. The number of benzene rings is 1. The van der Waals surface area contributed by atoms with Crippen LogP contribution in [0.15, 0.2) is 35.4 Å². The van der Waals surface area contributed by atoms with Crippen LogP contribution in [-0.2, 0) is 0 Å². The molecule has 0 atom stereocenters. The van der Waals surface area contributed by atoms with Crippen LogP contribution in [0.4, 0.5) is 10.4 Å². The van der Waals surface area contributed by atoms with E-state index in [1.165, 1.54) is 0 Å². The molecule has 1 aromatic heterocycles. The number of hydrogen-bond acceptors (Lipinski definition) is 3. The maximum atomic E-state index is 5.79. The van der Waals surface area contributed by atoms with E-state index in [1.807, 2.05) is 23.3 Å². The van der Waals surface area contributed by atoms with Crippen molar-refractivity contribution in [1.82, 2.24) is 10.2 Å². The molecule has 0 saturated carbocycles. The van der Waals surface area contributed by atoms with E-state index in [2.05, 4.69) is 27.2 Å². The van der Waals surface area contributed by atoms with Gasteiger partial charge in [0.1, 0.15) is 0 Å². The fraction of sp³-hybridized carbons (Fsp3) is 0.200. The molecule has 0 saturated heterocycles. The van der Waals surface area contributed by atoms with Crippen molar-refractivity contribution in [3.63, 3.8) is 0 Å². The van der Waals surface area contributed by atoms with Gasteiger partial charge in [-0.25, -0.2) is 0 Å². The molecule has 2 rings (SSSR count). The fourth-order valence-electron chi connectivity index (χ4n) is 1.31. The van der Waals surface area contributed by atoms with Crippen LogP contribution in [0, 0.1) is 0 Å². The topological polar surface area (TPSA) is 29.0 Å². The number of alkyl halides is 1. The number of para-hydroxylation sites is 1. The van der Waals surface area contributed by atoms with Crippen molar-refractivity contribution >= 4 is 36.5 Å². The standard InChI is InChI=1S/C10H10ClN3Se/c11-6-7-14(10-13-12-8-15-10)9-4-2-1-3-5-9/h1-5,8H,6-7H2. The molecular formula is C10H10ClN3Se. The zero-order valence-electron chi connectivity index (χ0n) is 8.01. The first-order valence-corrected chi connectivity index (χ1v) is 6.94. The van der Waals surface area contributed by atoms with Crippen LogP contribution >= 0.6 is 11.6 Å². The fourth-order valence-corrected chi connectivity index (χ4v) is 2.75. The van der Waals surface area contributed by atoms with E-state index in [9.17, 15) is 0 Å². The summed E-state index contributed by atoms with van der Waals surface area (Å²) in [6, 6.07) is 10.1. The molecule has 0 spiro atoms. The summed E-state index contributed by atoms with van der Waals surface area (Å²) in [6.45, 7) is 0.773. The van der Waals surface area contributed by atoms with Crippen LogP contribution in [0.2, 0.25) is 0 Å². The number of anilines is 2. The molecule has 78 valence electrons. The molecule has 0 aliphatic heterocycles. The summed E-state index contributed by atoms with van der Waals surface area (Å²) in [6.07, 6.45) is 0. The Labute approximate surface area is 99.4 Å². The van der Waals surface area contributed by atoms with Crippen LogP contribution in [-0.4, -0.2) is 37.1 Å². The van der Waals surface area contributed by atoms with Crippen molar-refractivity contribution in [3.8, 4) is 0 Å². The van der Waals surface area contributed by atoms with Gasteiger partial charge in [-0.05, 0) is 0 Å². The first-order chi connectivity index (χ1) is 7.42. The molecular weight excluding hydrogens is 277 g/mol. The van der Waals surface area contributed by atoms with Crippen LogP contribution in [0.3, 0.4) is 0 Å². The molecule has 1 aromatic carbocycles. The summed E-state index contributed by atoms with van der Waals surface area (Å²) in [5.74, 6) is 0.587. The Hall–Kier alpha value is -0.831. The molecule has 1 heterocycles. The molecule has 0 aliphatic carbocycles. The summed E-state index contributed by atoms with van der Waals surface area (Å²) in [7, 11) is 0. The van der Waals surface area contributed by atoms with Gasteiger partial charge in [-0.1, -0.05) is 0 Å². The number of aromatic nitrogens is 2. The van der Waals surface area contributed by atoms with Crippen molar-refractivity contribution in [3.05, 3.63) is 35.4 Å². The predicted octanol–water partition coefficient (Wildman–Crippen LogP) is 1.91. The van der Waals surface area contributed by atoms with Crippen molar-refractivity contribution in [2.24, 2.45) is 0 Å². The zero-order valence-corrected chi connectivity index (χ0v) is 10.5. The van der Waals surface area contributed by atoms with E-state index in [0.29, 0.717) is 5.88 Å². The Morgan fingerprint density at radius 2 is 2.07 bits per heavy atom. The second-order valence-corrected chi connectivity index (χ2v) is 4.98. The first kappa shape index (κ1) is 10.7. The van der Waals surface area contributed by atoms with Crippen molar-refractivity contribution < 1.29 is 0 Å². The number of hydrogen-bond donors (Lipinski definition) is 0. The van der Waals surface area contributed by atoms with Gasteiger partial charge in [-0.2, -0.15) is 0 Å². The van der Waals surface area contributed by atoms with Crippen LogP contribution in [0.1, 0.15) is 0 Å². The average molecular weight is 287 g/mol. The summed E-state index contributed by atoms with van der Waals surface area (Å²) in [5.41, 5.74) is 1.13. The third-order valence-corrected chi connectivity index (χ3v) is 3.62. The maximum absolute atomic E-state index is 5.79. The van der Waals surface area contributed by atoms with Gasteiger partial charge in [0, 0.05) is 0 Å². The minimum absolute atomic E-state index is 0.238. The summed E-state index contributed by atoms with van der Waals surface area (Å²) < 4.78 is 1.02. The second kappa shape index (κ2) is 5.31. The third-order valence-electron chi connectivity index (χ3n) is 1.96. The molecule has 2 aromatic rings. The Morgan fingerprint density at radius 1 is 1.27 bits per heavy atom. The van der Waals surface area contributed by atoms with Crippen molar-refractivity contribution in [2.75, 3.05) is 17.3 Å². The van der Waals surface area contributed by atoms with Gasteiger partial charge >= 0.3 is 99.4 Å². The van der Waals surface area contributed by atoms with Gasteiger partial charge < -0.3 is 0 Å². The Bertz CT molecular complexity index is 390. The molecule has 3 nitrogen and oxygen atoms in total. The Kier molecular flexibility index (Phi) is 3.78.